The predicted molar refractivity (Wildman–Crippen MR) is 107 cm³/mol. The maximum atomic E-state index is 13.3. The molecular formula is C22H28N4O2. The first-order chi connectivity index (χ1) is 13.6. The maximum Gasteiger partial charge on any atom is 0.290 e. The van der Waals surface area contributed by atoms with Crippen LogP contribution in [0.2, 0.25) is 0 Å². The van der Waals surface area contributed by atoms with Crippen molar-refractivity contribution in [2.75, 3.05) is 19.6 Å². The van der Waals surface area contributed by atoms with Crippen molar-refractivity contribution in [3.05, 3.63) is 52.6 Å². The van der Waals surface area contributed by atoms with Gasteiger partial charge < -0.3 is 14.4 Å². The fraction of sp³-hybridized carbons (Fsp3) is 0.500. The van der Waals surface area contributed by atoms with Crippen LogP contribution in [0, 0.1) is 0 Å². The number of rotatable bonds is 4. The van der Waals surface area contributed by atoms with Crippen molar-refractivity contribution >= 4 is 11.8 Å². The highest BCUT2D eigenvalue weighted by atomic mass is 16.2. The molecule has 2 aliphatic rings. The van der Waals surface area contributed by atoms with E-state index in [1.807, 2.05) is 35.4 Å². The number of aromatic nitrogens is 2. The predicted octanol–water partition coefficient (Wildman–Crippen LogP) is 2.90. The third-order valence-electron chi connectivity index (χ3n) is 5.98. The summed E-state index contributed by atoms with van der Waals surface area (Å²) in [4.78, 5) is 34.6. The number of carbonyl (C=O) groups is 2. The third-order valence-corrected chi connectivity index (χ3v) is 5.98. The van der Waals surface area contributed by atoms with Crippen molar-refractivity contribution in [2.45, 2.75) is 52.6 Å². The van der Waals surface area contributed by atoms with Gasteiger partial charge in [-0.2, -0.15) is 0 Å². The van der Waals surface area contributed by atoms with Crippen molar-refractivity contribution in [3.63, 3.8) is 0 Å². The molecule has 0 saturated heterocycles. The number of hydrogen-bond acceptors (Lipinski definition) is 3. The Bertz CT molecular complexity index is 898. The summed E-state index contributed by atoms with van der Waals surface area (Å²) in [5.74, 6) is 0.319. The Labute approximate surface area is 166 Å². The second kappa shape index (κ2) is 7.78. The van der Waals surface area contributed by atoms with Crippen molar-refractivity contribution in [1.82, 2.24) is 19.4 Å². The standard InChI is InChI=1S/C22H28N4O2/c1-3-24(4-2)21(27)19-18-11-7-8-13-26(18)20(23-19)22(28)25-14-12-16-9-5-6-10-17(16)15-25/h5-6,9-10H,3-4,7-8,11-15H2,1-2H3. The lowest BCUT2D eigenvalue weighted by atomic mass is 10.00. The van der Waals surface area contributed by atoms with E-state index in [2.05, 4.69) is 17.1 Å². The van der Waals surface area contributed by atoms with Crippen LogP contribution in [0.1, 0.15) is 64.6 Å². The Morgan fingerprint density at radius 3 is 2.54 bits per heavy atom. The van der Waals surface area contributed by atoms with Crippen LogP contribution in [0.5, 0.6) is 0 Å². The zero-order valence-electron chi connectivity index (χ0n) is 16.8. The number of fused-ring (bicyclic) bond motifs is 2. The van der Waals surface area contributed by atoms with Crippen molar-refractivity contribution in [2.24, 2.45) is 0 Å². The minimum Gasteiger partial charge on any atom is -0.338 e. The number of benzene rings is 1. The number of hydrogen-bond donors (Lipinski definition) is 0. The first-order valence-electron chi connectivity index (χ1n) is 10.4. The third kappa shape index (κ3) is 3.21. The first-order valence-corrected chi connectivity index (χ1v) is 10.4. The van der Waals surface area contributed by atoms with Gasteiger partial charge in [0, 0.05) is 32.7 Å². The quantitative estimate of drug-likeness (QED) is 0.819. The summed E-state index contributed by atoms with van der Waals surface area (Å²) in [7, 11) is 0. The summed E-state index contributed by atoms with van der Waals surface area (Å²) in [5.41, 5.74) is 3.93. The number of nitrogens with zero attached hydrogens (tertiary/aromatic N) is 4. The Hall–Kier alpha value is -2.63. The van der Waals surface area contributed by atoms with E-state index in [4.69, 9.17) is 0 Å². The molecule has 1 aromatic heterocycles. The molecule has 2 amide bonds. The molecule has 6 heteroatoms. The van der Waals surface area contributed by atoms with Crippen LogP contribution in [0.15, 0.2) is 24.3 Å². The van der Waals surface area contributed by atoms with E-state index in [9.17, 15) is 9.59 Å². The number of imidazole rings is 1. The van der Waals surface area contributed by atoms with Crippen molar-refractivity contribution in [1.29, 1.82) is 0 Å². The van der Waals surface area contributed by atoms with E-state index in [0.29, 0.717) is 37.7 Å². The van der Waals surface area contributed by atoms with Crippen LogP contribution in [-0.2, 0) is 25.9 Å². The van der Waals surface area contributed by atoms with Crippen LogP contribution in [-0.4, -0.2) is 50.8 Å². The number of carbonyl (C=O) groups excluding carboxylic acids is 2. The fourth-order valence-electron chi connectivity index (χ4n) is 4.35. The monoisotopic (exact) mass is 380 g/mol. The highest BCUT2D eigenvalue weighted by Gasteiger charge is 2.32. The molecule has 148 valence electrons. The summed E-state index contributed by atoms with van der Waals surface area (Å²) in [6.07, 6.45) is 3.73. The van der Waals surface area contributed by atoms with E-state index >= 15 is 0 Å². The lowest BCUT2D eigenvalue weighted by molar-refractivity contribution is 0.0716. The van der Waals surface area contributed by atoms with Gasteiger partial charge in [0.1, 0.15) is 5.69 Å². The molecule has 0 N–H and O–H groups in total. The summed E-state index contributed by atoms with van der Waals surface area (Å²) in [6, 6.07) is 8.29. The molecule has 4 rings (SSSR count). The highest BCUT2D eigenvalue weighted by molar-refractivity contribution is 5.97. The molecular weight excluding hydrogens is 352 g/mol. The lowest BCUT2D eigenvalue weighted by Crippen LogP contribution is -2.37. The summed E-state index contributed by atoms with van der Waals surface area (Å²) in [5, 5.41) is 0. The minimum atomic E-state index is -0.0590. The molecule has 2 aliphatic heterocycles. The molecule has 3 heterocycles. The van der Waals surface area contributed by atoms with Gasteiger partial charge in [-0.25, -0.2) is 4.98 Å². The van der Waals surface area contributed by atoms with Gasteiger partial charge in [0.2, 0.25) is 0 Å². The fourth-order valence-corrected chi connectivity index (χ4v) is 4.35. The molecule has 0 radical (unpaired) electrons. The van der Waals surface area contributed by atoms with E-state index in [0.717, 1.165) is 37.9 Å². The van der Waals surface area contributed by atoms with Gasteiger partial charge in [0.05, 0.1) is 5.69 Å². The van der Waals surface area contributed by atoms with Crippen LogP contribution in [0.3, 0.4) is 0 Å². The minimum absolute atomic E-state index is 0.0568. The normalized spacial score (nSPS) is 15.7. The Balaban J connectivity index is 1.66. The maximum absolute atomic E-state index is 13.3. The van der Waals surface area contributed by atoms with Gasteiger partial charge in [-0.15, -0.1) is 0 Å². The van der Waals surface area contributed by atoms with Gasteiger partial charge in [-0.3, -0.25) is 9.59 Å². The zero-order valence-corrected chi connectivity index (χ0v) is 16.8. The molecule has 0 atom stereocenters. The SMILES string of the molecule is CCN(CC)C(=O)c1nc(C(=O)N2CCc3ccccc3C2)n2c1CCCC2. The number of amides is 2. The van der Waals surface area contributed by atoms with Crippen LogP contribution >= 0.6 is 0 Å². The van der Waals surface area contributed by atoms with E-state index < -0.39 is 0 Å². The first kappa shape index (κ1) is 18.7. The Kier molecular flexibility index (Phi) is 5.20. The van der Waals surface area contributed by atoms with E-state index in [-0.39, 0.29) is 11.8 Å². The molecule has 0 aliphatic carbocycles. The summed E-state index contributed by atoms with van der Waals surface area (Å²) < 4.78 is 2.00. The smallest absolute Gasteiger partial charge is 0.290 e. The molecule has 28 heavy (non-hydrogen) atoms. The molecule has 1 aromatic carbocycles. The Morgan fingerprint density at radius 2 is 1.79 bits per heavy atom. The second-order valence-electron chi connectivity index (χ2n) is 7.56. The largest absolute Gasteiger partial charge is 0.338 e. The highest BCUT2D eigenvalue weighted by Crippen LogP contribution is 2.25. The molecule has 0 fully saturated rings. The van der Waals surface area contributed by atoms with Crippen molar-refractivity contribution < 1.29 is 9.59 Å². The summed E-state index contributed by atoms with van der Waals surface area (Å²) in [6.45, 7) is 7.30. The molecule has 0 spiro atoms. The molecule has 0 unspecified atom stereocenters. The van der Waals surface area contributed by atoms with Gasteiger partial charge in [0.15, 0.2) is 5.82 Å². The van der Waals surface area contributed by atoms with Gasteiger partial charge in [-0.1, -0.05) is 24.3 Å². The molecule has 0 saturated carbocycles. The molecule has 0 bridgehead atoms. The van der Waals surface area contributed by atoms with E-state index in [1.165, 1.54) is 11.1 Å². The molecule has 2 aromatic rings. The van der Waals surface area contributed by atoms with Gasteiger partial charge in [0.25, 0.3) is 11.8 Å². The van der Waals surface area contributed by atoms with Crippen LogP contribution in [0.25, 0.3) is 0 Å². The zero-order chi connectivity index (χ0) is 19.7. The Morgan fingerprint density at radius 1 is 1.04 bits per heavy atom. The van der Waals surface area contributed by atoms with Crippen LogP contribution in [0.4, 0.5) is 0 Å². The second-order valence-corrected chi connectivity index (χ2v) is 7.56. The van der Waals surface area contributed by atoms with Crippen molar-refractivity contribution in [3.8, 4) is 0 Å². The van der Waals surface area contributed by atoms with Crippen LogP contribution < -0.4 is 0 Å². The topological polar surface area (TPSA) is 58.4 Å². The van der Waals surface area contributed by atoms with E-state index in [1.54, 1.807) is 4.90 Å². The van der Waals surface area contributed by atoms with Gasteiger partial charge >= 0.3 is 0 Å². The summed E-state index contributed by atoms with van der Waals surface area (Å²) >= 11 is 0. The lowest BCUT2D eigenvalue weighted by Gasteiger charge is -2.29. The average molecular weight is 380 g/mol. The molecule has 6 nitrogen and oxygen atoms in total. The average Bonchev–Trinajstić information content (AvgIpc) is 3.13. The van der Waals surface area contributed by atoms with Gasteiger partial charge in [-0.05, 0) is 50.7 Å².